The first kappa shape index (κ1) is 15.6. The fourth-order valence-corrected chi connectivity index (χ4v) is 3.42. The molecule has 1 N–H and O–H groups in total. The molecule has 0 amide bonds. The number of para-hydroxylation sites is 1. The summed E-state index contributed by atoms with van der Waals surface area (Å²) in [6, 6.07) is 12.0. The molecule has 0 fully saturated rings. The molecule has 1 aromatic carbocycles. The minimum Gasteiger partial charge on any atom is -0.453 e. The normalized spacial score (nSPS) is 14.4. The minimum absolute atomic E-state index is 0.473. The van der Waals surface area contributed by atoms with Gasteiger partial charge in [-0.15, -0.1) is 10.2 Å². The molecule has 25 heavy (non-hydrogen) atoms. The van der Waals surface area contributed by atoms with Crippen molar-refractivity contribution < 1.29 is 4.42 Å². The first-order chi connectivity index (χ1) is 12.3. The Hall–Kier alpha value is -2.92. The summed E-state index contributed by atoms with van der Waals surface area (Å²) in [5.41, 5.74) is 0.835. The van der Waals surface area contributed by atoms with Gasteiger partial charge in [-0.3, -0.25) is 4.99 Å². The number of aliphatic imine (C=N–C) groups is 1. The average Bonchev–Trinajstić information content (AvgIpc) is 3.27. The summed E-state index contributed by atoms with van der Waals surface area (Å²) < 4.78 is 5.84. The number of anilines is 1. The van der Waals surface area contributed by atoms with Crippen LogP contribution in [0.5, 0.6) is 0 Å². The number of nitriles is 1. The van der Waals surface area contributed by atoms with Gasteiger partial charge in [0.2, 0.25) is 5.13 Å². The molecule has 0 unspecified atom stereocenters. The number of hydrogen-bond acceptors (Lipinski definition) is 8. The molecule has 1 aliphatic heterocycles. The summed E-state index contributed by atoms with van der Waals surface area (Å²) >= 11 is 1.42. The predicted molar refractivity (Wildman–Crippen MR) is 97.5 cm³/mol. The van der Waals surface area contributed by atoms with E-state index < -0.39 is 0 Å². The molecule has 4 rings (SSSR count). The van der Waals surface area contributed by atoms with E-state index in [4.69, 9.17) is 9.68 Å². The van der Waals surface area contributed by atoms with E-state index in [1.807, 2.05) is 30.3 Å². The highest BCUT2D eigenvalue weighted by Gasteiger charge is 2.18. The molecule has 0 saturated heterocycles. The van der Waals surface area contributed by atoms with Crippen LogP contribution in [0, 0.1) is 11.3 Å². The fraction of sp³-hybridized carbons (Fsp3) is 0.294. The van der Waals surface area contributed by atoms with Crippen LogP contribution in [0.2, 0.25) is 0 Å². The minimum atomic E-state index is 0.473. The Labute approximate surface area is 148 Å². The van der Waals surface area contributed by atoms with Crippen LogP contribution in [0.3, 0.4) is 0 Å². The van der Waals surface area contributed by atoms with Crippen LogP contribution in [-0.4, -0.2) is 40.7 Å². The molecule has 2 aromatic heterocycles. The van der Waals surface area contributed by atoms with Gasteiger partial charge in [-0.2, -0.15) is 5.26 Å². The number of rotatable bonds is 4. The van der Waals surface area contributed by atoms with Gasteiger partial charge in [-0.1, -0.05) is 29.5 Å². The van der Waals surface area contributed by atoms with Gasteiger partial charge in [-0.05, 0) is 18.6 Å². The van der Waals surface area contributed by atoms with Crippen molar-refractivity contribution in [1.82, 2.24) is 15.1 Å². The highest BCUT2D eigenvalue weighted by molar-refractivity contribution is 7.18. The van der Waals surface area contributed by atoms with Gasteiger partial charge in [0.15, 0.2) is 16.7 Å². The molecular formula is C17H16N6OS. The first-order valence-corrected chi connectivity index (χ1v) is 8.91. The van der Waals surface area contributed by atoms with Gasteiger partial charge >= 0.3 is 0 Å². The molecule has 0 radical (unpaired) electrons. The van der Waals surface area contributed by atoms with E-state index in [9.17, 15) is 0 Å². The van der Waals surface area contributed by atoms with Crippen molar-refractivity contribution in [3.8, 4) is 16.8 Å². The van der Waals surface area contributed by atoms with Crippen molar-refractivity contribution in [1.29, 1.82) is 5.26 Å². The Morgan fingerprint density at radius 2 is 2.24 bits per heavy atom. The molecule has 0 spiro atoms. The van der Waals surface area contributed by atoms with Gasteiger partial charge < -0.3 is 14.6 Å². The maximum Gasteiger partial charge on any atom is 0.212 e. The lowest BCUT2D eigenvalue weighted by molar-refractivity contribution is 0.401. The zero-order valence-corrected chi connectivity index (χ0v) is 14.3. The molecule has 0 atom stereocenters. The van der Waals surface area contributed by atoms with Crippen LogP contribution in [0.25, 0.3) is 21.7 Å². The Morgan fingerprint density at radius 1 is 1.32 bits per heavy atom. The monoisotopic (exact) mass is 352 g/mol. The summed E-state index contributed by atoms with van der Waals surface area (Å²) in [5.74, 6) is 1.47. The van der Waals surface area contributed by atoms with Crippen molar-refractivity contribution in [3.05, 3.63) is 30.3 Å². The Kier molecular flexibility index (Phi) is 4.31. The fourth-order valence-electron chi connectivity index (χ4n) is 2.73. The van der Waals surface area contributed by atoms with Crippen LogP contribution in [-0.2, 0) is 0 Å². The van der Waals surface area contributed by atoms with E-state index in [1.165, 1.54) is 11.3 Å². The van der Waals surface area contributed by atoms with Crippen molar-refractivity contribution in [3.63, 3.8) is 0 Å². The summed E-state index contributed by atoms with van der Waals surface area (Å²) in [6.07, 6.45) is 1.47. The lowest BCUT2D eigenvalue weighted by Gasteiger charge is -2.28. The summed E-state index contributed by atoms with van der Waals surface area (Å²) in [6.45, 7) is 2.33. The Morgan fingerprint density at radius 3 is 3.12 bits per heavy atom. The highest BCUT2D eigenvalue weighted by atomic mass is 32.1. The first-order valence-electron chi connectivity index (χ1n) is 8.09. The summed E-state index contributed by atoms with van der Waals surface area (Å²) in [4.78, 5) is 6.59. The molecule has 8 heteroatoms. The number of hydrogen-bond donors (Lipinski definition) is 1. The topological polar surface area (TPSA) is 90.3 Å². The van der Waals surface area contributed by atoms with Gasteiger partial charge in [0.1, 0.15) is 5.58 Å². The predicted octanol–water partition coefficient (Wildman–Crippen LogP) is 3.34. The smallest absolute Gasteiger partial charge is 0.212 e. The van der Waals surface area contributed by atoms with Gasteiger partial charge in [0.25, 0.3) is 0 Å². The average molecular weight is 352 g/mol. The Bertz CT molecular complexity index is 920. The van der Waals surface area contributed by atoms with Crippen LogP contribution < -0.4 is 5.32 Å². The van der Waals surface area contributed by atoms with Crippen molar-refractivity contribution >= 4 is 33.4 Å². The van der Waals surface area contributed by atoms with Gasteiger partial charge in [-0.25, -0.2) is 0 Å². The standard InChI is InChI=1S/C17H16N6OS/c18-7-3-9-23-10-4-8-19-16(23)20-17-22-21-15(25-17)14-11-12-5-1-2-6-13(12)24-14/h1-2,5-6,11H,3-4,8-10H2,(H,19,20,22). The molecular weight excluding hydrogens is 336 g/mol. The molecule has 3 aromatic rings. The molecule has 0 aliphatic carbocycles. The third-order valence-electron chi connectivity index (χ3n) is 3.92. The van der Waals surface area contributed by atoms with E-state index in [2.05, 4.69) is 31.5 Å². The SMILES string of the molecule is N#CCCN1CCCN=C1Nc1nnc(-c2cc3ccccc3o2)s1. The molecule has 1 aliphatic rings. The van der Waals surface area contributed by atoms with Crippen molar-refractivity contribution in [2.75, 3.05) is 25.0 Å². The number of guanidine groups is 1. The summed E-state index contributed by atoms with van der Waals surface area (Å²) in [7, 11) is 0. The second-order valence-corrected chi connectivity index (χ2v) is 6.62. The second-order valence-electron chi connectivity index (χ2n) is 5.64. The van der Waals surface area contributed by atoms with Crippen molar-refractivity contribution in [2.45, 2.75) is 12.8 Å². The number of nitrogens with zero attached hydrogens (tertiary/aromatic N) is 5. The third-order valence-corrected chi connectivity index (χ3v) is 4.77. The van der Waals surface area contributed by atoms with Crippen LogP contribution >= 0.6 is 11.3 Å². The third kappa shape index (κ3) is 3.32. The largest absolute Gasteiger partial charge is 0.453 e. The van der Waals surface area contributed by atoms with E-state index in [0.717, 1.165) is 41.4 Å². The number of nitrogens with one attached hydrogen (secondary N) is 1. The van der Waals surface area contributed by atoms with E-state index in [-0.39, 0.29) is 0 Å². The van der Waals surface area contributed by atoms with Crippen LogP contribution in [0.1, 0.15) is 12.8 Å². The maximum absolute atomic E-state index is 8.79. The number of benzene rings is 1. The quantitative estimate of drug-likeness (QED) is 0.774. The van der Waals surface area contributed by atoms with E-state index >= 15 is 0 Å². The zero-order valence-electron chi connectivity index (χ0n) is 13.5. The lowest BCUT2D eigenvalue weighted by atomic mass is 10.2. The van der Waals surface area contributed by atoms with Gasteiger partial charge in [0.05, 0.1) is 12.5 Å². The second kappa shape index (κ2) is 6.91. The van der Waals surface area contributed by atoms with E-state index in [0.29, 0.717) is 23.9 Å². The summed E-state index contributed by atoms with van der Waals surface area (Å²) in [5, 5.41) is 22.9. The molecule has 126 valence electrons. The maximum atomic E-state index is 8.79. The van der Waals surface area contributed by atoms with E-state index in [1.54, 1.807) is 0 Å². The van der Waals surface area contributed by atoms with Crippen molar-refractivity contribution in [2.24, 2.45) is 4.99 Å². The van der Waals surface area contributed by atoms with Gasteiger partial charge in [0, 0.05) is 25.0 Å². The lowest BCUT2D eigenvalue weighted by Crippen LogP contribution is -2.40. The number of furan rings is 1. The zero-order chi connectivity index (χ0) is 17.1. The molecule has 0 saturated carbocycles. The van der Waals surface area contributed by atoms with Crippen LogP contribution in [0.4, 0.5) is 5.13 Å². The molecule has 3 heterocycles. The van der Waals surface area contributed by atoms with Crippen LogP contribution in [0.15, 0.2) is 39.7 Å². The molecule has 0 bridgehead atoms. The highest BCUT2D eigenvalue weighted by Crippen LogP contribution is 2.31. The molecule has 7 nitrogen and oxygen atoms in total. The number of fused-ring (bicyclic) bond motifs is 1. The Balaban J connectivity index is 1.53. The number of aromatic nitrogens is 2.